The van der Waals surface area contributed by atoms with Crippen molar-refractivity contribution in [1.82, 2.24) is 0 Å². The number of rotatable bonds is 9. The van der Waals surface area contributed by atoms with E-state index in [0.717, 1.165) is 24.2 Å². The molecule has 0 heterocycles. The molecule has 154 valence electrons. The molecule has 0 aromatic heterocycles. The lowest BCUT2D eigenvalue weighted by atomic mass is 9.97. The number of carbonyl (C=O) groups excluding carboxylic acids is 2. The molecule has 3 aromatic carbocycles. The van der Waals surface area contributed by atoms with Gasteiger partial charge in [-0.25, -0.2) is 0 Å². The number of ether oxygens (including phenoxy) is 3. The molecule has 3 aromatic rings. The molecule has 3 rings (SSSR count). The lowest BCUT2D eigenvalue weighted by Crippen LogP contribution is -2.15. The van der Waals surface area contributed by atoms with Gasteiger partial charge in [-0.15, -0.1) is 0 Å². The van der Waals surface area contributed by atoms with Gasteiger partial charge in [-0.3, -0.25) is 9.59 Å². The summed E-state index contributed by atoms with van der Waals surface area (Å²) in [7, 11) is 4.63. The van der Waals surface area contributed by atoms with Crippen LogP contribution in [0.5, 0.6) is 17.2 Å². The van der Waals surface area contributed by atoms with Crippen LogP contribution in [0.3, 0.4) is 0 Å². The van der Waals surface area contributed by atoms with Crippen LogP contribution in [-0.4, -0.2) is 32.9 Å². The average molecular weight is 404 g/mol. The summed E-state index contributed by atoms with van der Waals surface area (Å²) in [6, 6.07) is 19.8. The Morgan fingerprint density at radius 3 is 1.77 bits per heavy atom. The second kappa shape index (κ2) is 9.74. The molecule has 0 bridgehead atoms. The van der Waals surface area contributed by atoms with Crippen LogP contribution in [0.2, 0.25) is 0 Å². The summed E-state index contributed by atoms with van der Waals surface area (Å²) >= 11 is 0. The third-order valence-electron chi connectivity index (χ3n) is 4.87. The number of benzene rings is 3. The summed E-state index contributed by atoms with van der Waals surface area (Å²) in [6.07, 6.45) is 1.58. The zero-order chi connectivity index (χ0) is 21.5. The highest BCUT2D eigenvalue weighted by Crippen LogP contribution is 2.24. The van der Waals surface area contributed by atoms with Gasteiger partial charge in [0.1, 0.15) is 17.2 Å². The first-order valence-electron chi connectivity index (χ1n) is 9.58. The fraction of sp³-hybridized carbons (Fsp3) is 0.200. The minimum absolute atomic E-state index is 0.236. The van der Waals surface area contributed by atoms with Crippen LogP contribution in [0.1, 0.15) is 31.8 Å². The molecule has 0 amide bonds. The molecule has 0 aliphatic rings. The number of hydrogen-bond acceptors (Lipinski definition) is 5. The second-order valence-corrected chi connectivity index (χ2v) is 6.81. The Morgan fingerprint density at radius 2 is 1.17 bits per heavy atom. The second-order valence-electron chi connectivity index (χ2n) is 6.81. The molecule has 0 saturated heterocycles. The SMILES string of the molecule is COc1ccc(CCc2cccc(C(=O)C(=O)c3cc(OC)cc(OC)c3)c2)cc1. The number of carbonyl (C=O) groups is 2. The van der Waals surface area contributed by atoms with Gasteiger partial charge in [0.25, 0.3) is 0 Å². The van der Waals surface area contributed by atoms with Crippen molar-refractivity contribution in [3.05, 3.63) is 89.0 Å². The minimum atomic E-state index is -0.598. The molecule has 0 aliphatic carbocycles. The molecule has 0 aliphatic heterocycles. The fourth-order valence-electron chi connectivity index (χ4n) is 3.15. The molecule has 5 nitrogen and oxygen atoms in total. The average Bonchev–Trinajstić information content (AvgIpc) is 2.81. The van der Waals surface area contributed by atoms with E-state index in [4.69, 9.17) is 14.2 Å². The Bertz CT molecular complexity index is 1020. The van der Waals surface area contributed by atoms with Crippen molar-refractivity contribution in [2.24, 2.45) is 0 Å². The number of methoxy groups -OCH3 is 3. The van der Waals surface area contributed by atoms with E-state index in [1.807, 2.05) is 30.3 Å². The van der Waals surface area contributed by atoms with E-state index >= 15 is 0 Å². The van der Waals surface area contributed by atoms with Crippen molar-refractivity contribution in [2.45, 2.75) is 12.8 Å². The van der Waals surface area contributed by atoms with Gasteiger partial charge in [0.05, 0.1) is 21.3 Å². The molecule has 0 fully saturated rings. The minimum Gasteiger partial charge on any atom is -0.497 e. The van der Waals surface area contributed by atoms with Gasteiger partial charge in [0.15, 0.2) is 0 Å². The Kier molecular flexibility index (Phi) is 6.86. The first-order chi connectivity index (χ1) is 14.5. The highest BCUT2D eigenvalue weighted by molar-refractivity contribution is 6.49. The lowest BCUT2D eigenvalue weighted by Gasteiger charge is -2.08. The van der Waals surface area contributed by atoms with E-state index in [0.29, 0.717) is 17.1 Å². The monoisotopic (exact) mass is 404 g/mol. The smallest absolute Gasteiger partial charge is 0.233 e. The van der Waals surface area contributed by atoms with E-state index in [-0.39, 0.29) is 5.56 Å². The van der Waals surface area contributed by atoms with Crippen LogP contribution in [0.25, 0.3) is 0 Å². The van der Waals surface area contributed by atoms with Crippen molar-refractivity contribution in [3.8, 4) is 17.2 Å². The van der Waals surface area contributed by atoms with E-state index < -0.39 is 11.6 Å². The summed E-state index contributed by atoms with van der Waals surface area (Å²) < 4.78 is 15.6. The van der Waals surface area contributed by atoms with Crippen molar-refractivity contribution in [1.29, 1.82) is 0 Å². The molecular weight excluding hydrogens is 380 g/mol. The maximum absolute atomic E-state index is 12.8. The maximum Gasteiger partial charge on any atom is 0.233 e. The Labute approximate surface area is 176 Å². The first-order valence-corrected chi connectivity index (χ1v) is 9.58. The van der Waals surface area contributed by atoms with Gasteiger partial charge in [-0.2, -0.15) is 0 Å². The van der Waals surface area contributed by atoms with E-state index in [2.05, 4.69) is 0 Å². The third-order valence-corrected chi connectivity index (χ3v) is 4.87. The van der Waals surface area contributed by atoms with Crippen molar-refractivity contribution >= 4 is 11.6 Å². The van der Waals surface area contributed by atoms with Crippen LogP contribution in [-0.2, 0) is 12.8 Å². The molecule has 0 radical (unpaired) electrons. The summed E-state index contributed by atoms with van der Waals surface area (Å²) in [5.74, 6) is 0.577. The Hall–Kier alpha value is -3.60. The summed E-state index contributed by atoms with van der Waals surface area (Å²) in [5, 5.41) is 0. The first kappa shape index (κ1) is 21.1. The van der Waals surface area contributed by atoms with E-state index in [1.165, 1.54) is 31.9 Å². The molecule has 0 spiro atoms. The van der Waals surface area contributed by atoms with Crippen LogP contribution in [0.15, 0.2) is 66.7 Å². The van der Waals surface area contributed by atoms with E-state index in [1.54, 1.807) is 31.4 Å². The molecule has 0 unspecified atom stereocenters. The molecular formula is C25H24O5. The van der Waals surface area contributed by atoms with Crippen LogP contribution in [0.4, 0.5) is 0 Å². The van der Waals surface area contributed by atoms with Gasteiger partial charge in [-0.1, -0.05) is 30.3 Å². The number of ketones is 2. The largest absolute Gasteiger partial charge is 0.497 e. The zero-order valence-electron chi connectivity index (χ0n) is 17.3. The van der Waals surface area contributed by atoms with Crippen molar-refractivity contribution in [2.75, 3.05) is 21.3 Å². The topological polar surface area (TPSA) is 61.8 Å². The predicted octanol–water partition coefficient (Wildman–Crippen LogP) is 4.56. The van der Waals surface area contributed by atoms with Gasteiger partial charge < -0.3 is 14.2 Å². The molecule has 0 N–H and O–H groups in total. The summed E-state index contributed by atoms with van der Waals surface area (Å²) in [5.41, 5.74) is 2.77. The highest BCUT2D eigenvalue weighted by Gasteiger charge is 2.20. The maximum atomic E-state index is 12.8. The highest BCUT2D eigenvalue weighted by atomic mass is 16.5. The standard InChI is InChI=1S/C25H24O5/c1-28-21-11-9-17(10-12-21)7-8-18-5-4-6-19(13-18)24(26)25(27)20-14-22(29-2)16-23(15-20)30-3/h4-6,9-16H,7-8H2,1-3H3. The van der Waals surface area contributed by atoms with Gasteiger partial charge >= 0.3 is 0 Å². The Morgan fingerprint density at radius 1 is 0.600 bits per heavy atom. The fourth-order valence-corrected chi connectivity index (χ4v) is 3.15. The number of hydrogen-bond donors (Lipinski definition) is 0. The normalized spacial score (nSPS) is 10.4. The van der Waals surface area contributed by atoms with E-state index in [9.17, 15) is 9.59 Å². The van der Waals surface area contributed by atoms with Crippen LogP contribution >= 0.6 is 0 Å². The van der Waals surface area contributed by atoms with Crippen LogP contribution in [0, 0.1) is 0 Å². The zero-order valence-corrected chi connectivity index (χ0v) is 17.3. The van der Waals surface area contributed by atoms with Gasteiger partial charge in [0, 0.05) is 17.2 Å². The van der Waals surface area contributed by atoms with Crippen molar-refractivity contribution in [3.63, 3.8) is 0 Å². The van der Waals surface area contributed by atoms with Gasteiger partial charge in [-0.05, 0) is 54.3 Å². The summed E-state index contributed by atoms with van der Waals surface area (Å²) in [6.45, 7) is 0. The molecule has 0 atom stereocenters. The molecule has 30 heavy (non-hydrogen) atoms. The molecule has 0 saturated carbocycles. The van der Waals surface area contributed by atoms with Crippen LogP contribution < -0.4 is 14.2 Å². The molecule has 5 heteroatoms. The Balaban J connectivity index is 1.74. The van der Waals surface area contributed by atoms with Gasteiger partial charge in [0.2, 0.25) is 11.6 Å². The van der Waals surface area contributed by atoms with Crippen molar-refractivity contribution < 1.29 is 23.8 Å². The predicted molar refractivity (Wildman–Crippen MR) is 115 cm³/mol. The number of aryl methyl sites for hydroxylation is 2. The lowest BCUT2D eigenvalue weighted by molar-refractivity contribution is 0.0816. The third kappa shape index (κ3) is 5.06. The quantitative estimate of drug-likeness (QED) is 0.386. The summed E-state index contributed by atoms with van der Waals surface area (Å²) in [4.78, 5) is 25.6. The number of Topliss-reactive ketones (excluding diaryl/α,β-unsaturated/α-hetero) is 2.